The van der Waals surface area contributed by atoms with Gasteiger partial charge in [-0.1, -0.05) is 54.1 Å². The maximum Gasteiger partial charge on any atom is 0.319 e. The Morgan fingerprint density at radius 1 is 0.821 bits per heavy atom. The van der Waals surface area contributed by atoms with Crippen LogP contribution in [-0.2, 0) is 27.7 Å². The predicted octanol–water partition coefficient (Wildman–Crippen LogP) is 5.88. The van der Waals surface area contributed by atoms with E-state index in [4.69, 9.17) is 9.52 Å². The summed E-state index contributed by atoms with van der Waals surface area (Å²) in [7, 11) is -3.94. The fourth-order valence-corrected chi connectivity index (χ4v) is 5.78. The van der Waals surface area contributed by atoms with E-state index in [2.05, 4.69) is 32.9 Å². The van der Waals surface area contributed by atoms with Gasteiger partial charge in [0.25, 0.3) is 5.91 Å². The van der Waals surface area contributed by atoms with Gasteiger partial charge >= 0.3 is 5.97 Å². The molecule has 0 aliphatic heterocycles. The second-order valence-electron chi connectivity index (χ2n) is 9.83. The molecule has 0 bridgehead atoms. The molecule has 39 heavy (non-hydrogen) atoms. The first-order chi connectivity index (χ1) is 18.4. The molecule has 0 saturated carbocycles. The van der Waals surface area contributed by atoms with Crippen LogP contribution >= 0.6 is 0 Å². The first kappa shape index (κ1) is 27.9. The zero-order chi connectivity index (χ0) is 28.3. The molecule has 202 valence electrons. The van der Waals surface area contributed by atoms with Crippen LogP contribution in [0.15, 0.2) is 82.1 Å². The fraction of sp³-hybridized carbons (Fsp3) is 0.226. The highest BCUT2D eigenvalue weighted by Crippen LogP contribution is 2.26. The lowest BCUT2D eigenvalue weighted by atomic mass is 9.99. The van der Waals surface area contributed by atoms with Gasteiger partial charge < -0.3 is 14.4 Å². The van der Waals surface area contributed by atoms with E-state index in [1.54, 1.807) is 36.1 Å². The maximum absolute atomic E-state index is 13.5. The van der Waals surface area contributed by atoms with Gasteiger partial charge in [-0.3, -0.25) is 9.59 Å². The van der Waals surface area contributed by atoms with Crippen LogP contribution in [0.4, 0.5) is 0 Å². The molecule has 0 unspecified atom stereocenters. The van der Waals surface area contributed by atoms with E-state index in [1.165, 1.54) is 17.7 Å². The van der Waals surface area contributed by atoms with Crippen LogP contribution in [-0.4, -0.2) is 36.1 Å². The Balaban J connectivity index is 1.61. The molecule has 3 aromatic carbocycles. The van der Waals surface area contributed by atoms with E-state index in [1.807, 2.05) is 24.3 Å². The molecule has 0 aliphatic rings. The molecule has 4 rings (SSSR count). The largest absolute Gasteiger partial charge is 0.480 e. The fourth-order valence-electron chi connectivity index (χ4n) is 4.69. The van der Waals surface area contributed by atoms with Crippen LogP contribution in [0.25, 0.3) is 11.1 Å². The molecule has 0 spiro atoms. The summed E-state index contributed by atoms with van der Waals surface area (Å²) in [5.74, 6) is -1.62. The van der Waals surface area contributed by atoms with E-state index in [9.17, 15) is 18.0 Å². The molecule has 0 atom stereocenters. The van der Waals surface area contributed by atoms with Gasteiger partial charge in [0.2, 0.25) is 0 Å². The number of rotatable bonds is 9. The van der Waals surface area contributed by atoms with Crippen molar-refractivity contribution in [3.8, 4) is 11.1 Å². The van der Waals surface area contributed by atoms with Crippen molar-refractivity contribution in [1.29, 1.82) is 0 Å². The normalized spacial score (nSPS) is 11.4. The molecule has 0 fully saturated rings. The number of benzene rings is 3. The van der Waals surface area contributed by atoms with Crippen LogP contribution in [0.3, 0.4) is 0 Å². The number of carboxylic acids is 1. The summed E-state index contributed by atoms with van der Waals surface area (Å²) in [5.41, 5.74) is 6.82. The van der Waals surface area contributed by atoms with E-state index >= 15 is 0 Å². The van der Waals surface area contributed by atoms with Gasteiger partial charge in [-0.15, -0.1) is 0 Å². The van der Waals surface area contributed by atoms with Crippen molar-refractivity contribution in [2.75, 3.05) is 5.75 Å². The van der Waals surface area contributed by atoms with Gasteiger partial charge in [-0.2, -0.15) is 0 Å². The summed E-state index contributed by atoms with van der Waals surface area (Å²) in [4.78, 5) is 26.2. The van der Waals surface area contributed by atoms with Gasteiger partial charge in [0.1, 0.15) is 5.76 Å². The number of furan rings is 1. The first-order valence-electron chi connectivity index (χ1n) is 12.5. The highest BCUT2D eigenvalue weighted by atomic mass is 32.2. The summed E-state index contributed by atoms with van der Waals surface area (Å²) < 4.78 is 30.4. The number of hydrogen-bond acceptors (Lipinski definition) is 5. The topological polar surface area (TPSA) is 105 Å². The minimum Gasteiger partial charge on any atom is -0.480 e. The van der Waals surface area contributed by atoms with Crippen molar-refractivity contribution < 1.29 is 27.5 Å². The molecule has 8 heteroatoms. The Hall–Kier alpha value is -4.17. The first-order valence-corrected chi connectivity index (χ1v) is 14.1. The number of hydrogen-bond donors (Lipinski definition) is 1. The molecule has 1 aromatic heterocycles. The predicted molar refractivity (Wildman–Crippen MR) is 149 cm³/mol. The molecular formula is C31H31NO6S. The summed E-state index contributed by atoms with van der Waals surface area (Å²) in [6, 6.07) is 21.4. The number of carbonyl (C=O) groups is 2. The van der Waals surface area contributed by atoms with Crippen molar-refractivity contribution >= 4 is 21.7 Å². The van der Waals surface area contributed by atoms with Gasteiger partial charge in [0.05, 0.1) is 4.90 Å². The third kappa shape index (κ3) is 6.64. The average molecular weight is 546 g/mol. The van der Waals surface area contributed by atoms with Crippen molar-refractivity contribution in [3.63, 3.8) is 0 Å². The Kier molecular flexibility index (Phi) is 8.06. The number of aliphatic carboxylic acids is 1. The lowest BCUT2D eigenvalue weighted by Gasteiger charge is -2.24. The quantitative estimate of drug-likeness (QED) is 0.282. The number of nitrogens with zero attached hydrogens (tertiary/aromatic N) is 1. The standard InChI is InChI=1S/C31H31NO6S/c1-20-14-21(2)28(22(3)15-20)18-32(31(35)29-13-8-23(4)38-29)17-24-9-11-25(12-10-24)26-6-5-7-27(16-26)39(36,37)19-30(33)34/h5-16H,17-19H2,1-4H3,(H,33,34). The Bertz CT molecular complexity index is 1610. The summed E-state index contributed by atoms with van der Waals surface area (Å²) >= 11 is 0. The van der Waals surface area contributed by atoms with Crippen LogP contribution < -0.4 is 0 Å². The van der Waals surface area contributed by atoms with Crippen LogP contribution in [0.1, 0.15) is 44.1 Å². The number of aryl methyl sites for hydroxylation is 4. The summed E-state index contributed by atoms with van der Waals surface area (Å²) in [6.45, 7) is 8.72. The number of sulfone groups is 1. The van der Waals surface area contributed by atoms with E-state index in [0.29, 0.717) is 24.4 Å². The third-order valence-electron chi connectivity index (χ3n) is 6.60. The Morgan fingerprint density at radius 3 is 2.08 bits per heavy atom. The third-order valence-corrected chi connectivity index (χ3v) is 8.19. The number of carbonyl (C=O) groups excluding carboxylic acids is 1. The average Bonchev–Trinajstić information content (AvgIpc) is 3.31. The van der Waals surface area contributed by atoms with Crippen molar-refractivity contribution in [3.05, 3.63) is 112 Å². The van der Waals surface area contributed by atoms with Gasteiger partial charge in [0, 0.05) is 13.1 Å². The van der Waals surface area contributed by atoms with E-state index in [0.717, 1.165) is 27.8 Å². The van der Waals surface area contributed by atoms with E-state index in [-0.39, 0.29) is 16.6 Å². The smallest absolute Gasteiger partial charge is 0.319 e. The van der Waals surface area contributed by atoms with Gasteiger partial charge in [0.15, 0.2) is 21.4 Å². The minimum atomic E-state index is -3.94. The SMILES string of the molecule is Cc1cc(C)c(CN(Cc2ccc(-c3cccc(S(=O)(=O)CC(=O)O)c3)cc2)C(=O)c2ccc(C)o2)c(C)c1. The highest BCUT2D eigenvalue weighted by Gasteiger charge is 2.22. The molecule has 0 radical (unpaired) electrons. The molecule has 0 saturated heterocycles. The molecule has 1 N–H and O–H groups in total. The van der Waals surface area contributed by atoms with Gasteiger partial charge in [-0.05, 0) is 85.3 Å². The number of carboxylic acid groups (broad SMARTS) is 1. The minimum absolute atomic E-state index is 0.0409. The molecule has 1 amide bonds. The highest BCUT2D eigenvalue weighted by molar-refractivity contribution is 7.92. The van der Waals surface area contributed by atoms with Gasteiger partial charge in [-0.25, -0.2) is 8.42 Å². The zero-order valence-corrected chi connectivity index (χ0v) is 23.2. The number of amides is 1. The van der Waals surface area contributed by atoms with Crippen molar-refractivity contribution in [2.24, 2.45) is 0 Å². The molecule has 1 heterocycles. The summed E-state index contributed by atoms with van der Waals surface area (Å²) in [5, 5.41) is 8.93. The molecule has 4 aromatic rings. The van der Waals surface area contributed by atoms with Crippen LogP contribution in [0, 0.1) is 27.7 Å². The molecule has 0 aliphatic carbocycles. The van der Waals surface area contributed by atoms with Crippen LogP contribution in [0.2, 0.25) is 0 Å². The van der Waals surface area contributed by atoms with Crippen molar-refractivity contribution in [1.82, 2.24) is 4.90 Å². The molecular weight excluding hydrogens is 514 g/mol. The second-order valence-corrected chi connectivity index (χ2v) is 11.8. The lowest BCUT2D eigenvalue weighted by molar-refractivity contribution is -0.134. The summed E-state index contributed by atoms with van der Waals surface area (Å²) in [6.07, 6.45) is 0. The second kappa shape index (κ2) is 11.3. The zero-order valence-electron chi connectivity index (χ0n) is 22.4. The monoisotopic (exact) mass is 545 g/mol. The lowest BCUT2D eigenvalue weighted by Crippen LogP contribution is -2.30. The Morgan fingerprint density at radius 2 is 1.49 bits per heavy atom. The maximum atomic E-state index is 13.5. The van der Waals surface area contributed by atoms with E-state index < -0.39 is 21.6 Å². The van der Waals surface area contributed by atoms with Crippen molar-refractivity contribution in [2.45, 2.75) is 45.7 Å². The molecule has 7 nitrogen and oxygen atoms in total. The Labute approximate surface area is 228 Å². The van der Waals surface area contributed by atoms with Crippen LogP contribution in [0.5, 0.6) is 0 Å².